The highest BCUT2D eigenvalue weighted by Gasteiger charge is 2.17. The Morgan fingerprint density at radius 1 is 1.21 bits per heavy atom. The first-order valence-corrected chi connectivity index (χ1v) is 7.75. The second-order valence-corrected chi connectivity index (χ2v) is 5.83. The van der Waals surface area contributed by atoms with Crippen LogP contribution in [0, 0.1) is 0 Å². The average molecular weight is 320 g/mol. The quantitative estimate of drug-likeness (QED) is 0.784. The molecule has 0 saturated carbocycles. The first-order valence-electron chi connectivity index (χ1n) is 7.75. The molecule has 0 unspecified atom stereocenters. The van der Waals surface area contributed by atoms with Crippen LogP contribution in [0.25, 0.3) is 22.0 Å². The van der Waals surface area contributed by atoms with Gasteiger partial charge in [0.15, 0.2) is 0 Å². The summed E-state index contributed by atoms with van der Waals surface area (Å²) in [6.45, 7) is 1.52. The zero-order chi connectivity index (χ0) is 16.7. The van der Waals surface area contributed by atoms with Crippen molar-refractivity contribution in [2.24, 2.45) is 0 Å². The molecule has 0 amide bonds. The lowest BCUT2D eigenvalue weighted by Crippen LogP contribution is -2.28. The molecule has 3 aromatic rings. The van der Waals surface area contributed by atoms with E-state index in [4.69, 9.17) is 4.74 Å². The van der Waals surface area contributed by atoms with E-state index in [1.54, 1.807) is 6.07 Å². The third kappa shape index (κ3) is 2.34. The number of anilines is 1. The molecule has 1 aromatic heterocycles. The number of hydrogen-bond donors (Lipinski definition) is 1. The standard InChI is InChI=1S/C19H16N2O3/c1-21-9-10-24-17-11-13(6-8-16(17)21)14-4-2-3-12-5-7-15(19(22)23)20-18(12)14/h2-8,11H,9-10H2,1H3,(H,22,23). The second kappa shape index (κ2) is 5.53. The highest BCUT2D eigenvalue weighted by molar-refractivity contribution is 5.97. The highest BCUT2D eigenvalue weighted by atomic mass is 16.5. The molecular formula is C19H16N2O3. The summed E-state index contributed by atoms with van der Waals surface area (Å²) in [6, 6.07) is 15.2. The minimum Gasteiger partial charge on any atom is -0.490 e. The van der Waals surface area contributed by atoms with Gasteiger partial charge in [0.2, 0.25) is 0 Å². The number of fused-ring (bicyclic) bond motifs is 2. The molecule has 1 aliphatic rings. The monoisotopic (exact) mass is 320 g/mol. The maximum atomic E-state index is 11.2. The normalized spacial score (nSPS) is 13.5. The van der Waals surface area contributed by atoms with Gasteiger partial charge in [0, 0.05) is 18.0 Å². The van der Waals surface area contributed by atoms with E-state index >= 15 is 0 Å². The summed E-state index contributed by atoms with van der Waals surface area (Å²) in [5.74, 6) is -0.185. The number of hydrogen-bond acceptors (Lipinski definition) is 4. The van der Waals surface area contributed by atoms with Crippen LogP contribution in [0.15, 0.2) is 48.5 Å². The first kappa shape index (κ1) is 14.5. The fourth-order valence-electron chi connectivity index (χ4n) is 3.02. The highest BCUT2D eigenvalue weighted by Crippen LogP contribution is 2.36. The zero-order valence-electron chi connectivity index (χ0n) is 13.2. The first-order chi connectivity index (χ1) is 11.6. The molecule has 0 bridgehead atoms. The van der Waals surface area contributed by atoms with E-state index in [2.05, 4.69) is 9.88 Å². The maximum Gasteiger partial charge on any atom is 0.354 e. The molecule has 1 aliphatic heterocycles. The largest absolute Gasteiger partial charge is 0.490 e. The van der Waals surface area contributed by atoms with Crippen LogP contribution >= 0.6 is 0 Å². The molecule has 5 heteroatoms. The van der Waals surface area contributed by atoms with Crippen molar-refractivity contribution in [2.45, 2.75) is 0 Å². The van der Waals surface area contributed by atoms with Crippen LogP contribution in [0.4, 0.5) is 5.69 Å². The Bertz CT molecular complexity index is 952. The van der Waals surface area contributed by atoms with E-state index in [-0.39, 0.29) is 5.69 Å². The summed E-state index contributed by atoms with van der Waals surface area (Å²) >= 11 is 0. The second-order valence-electron chi connectivity index (χ2n) is 5.83. The number of rotatable bonds is 2. The molecule has 0 fully saturated rings. The van der Waals surface area contributed by atoms with Crippen molar-refractivity contribution in [2.75, 3.05) is 25.1 Å². The number of nitrogens with zero attached hydrogens (tertiary/aromatic N) is 2. The maximum absolute atomic E-state index is 11.2. The van der Waals surface area contributed by atoms with E-state index in [0.29, 0.717) is 12.1 Å². The van der Waals surface area contributed by atoms with Crippen LogP contribution in [0.1, 0.15) is 10.5 Å². The van der Waals surface area contributed by atoms with Crippen molar-refractivity contribution in [1.82, 2.24) is 4.98 Å². The van der Waals surface area contributed by atoms with Gasteiger partial charge in [-0.1, -0.05) is 30.3 Å². The lowest BCUT2D eigenvalue weighted by molar-refractivity contribution is 0.0691. The molecule has 4 rings (SSSR count). The molecule has 120 valence electrons. The van der Waals surface area contributed by atoms with Gasteiger partial charge in [0.25, 0.3) is 0 Å². The van der Waals surface area contributed by atoms with Crippen molar-refractivity contribution in [3.8, 4) is 16.9 Å². The molecule has 0 atom stereocenters. The molecular weight excluding hydrogens is 304 g/mol. The Balaban J connectivity index is 1.90. The molecule has 2 aromatic carbocycles. The Morgan fingerprint density at radius 3 is 2.92 bits per heavy atom. The molecule has 5 nitrogen and oxygen atoms in total. The van der Waals surface area contributed by atoms with Gasteiger partial charge in [-0.25, -0.2) is 9.78 Å². The summed E-state index contributed by atoms with van der Waals surface area (Å²) in [4.78, 5) is 17.7. The zero-order valence-corrected chi connectivity index (χ0v) is 13.2. The molecule has 1 N–H and O–H groups in total. The van der Waals surface area contributed by atoms with Gasteiger partial charge in [-0.15, -0.1) is 0 Å². The van der Waals surface area contributed by atoms with Crippen molar-refractivity contribution in [3.05, 3.63) is 54.2 Å². The predicted molar refractivity (Wildman–Crippen MR) is 92.9 cm³/mol. The molecule has 0 radical (unpaired) electrons. The Hall–Kier alpha value is -3.08. The number of carboxylic acids is 1. The Labute approximate surface area is 139 Å². The number of ether oxygens (including phenoxy) is 1. The number of likely N-dealkylation sites (N-methyl/N-ethyl adjacent to an activating group) is 1. The summed E-state index contributed by atoms with van der Waals surface area (Å²) < 4.78 is 5.77. The lowest BCUT2D eigenvalue weighted by Gasteiger charge is -2.28. The van der Waals surface area contributed by atoms with E-state index < -0.39 is 5.97 Å². The van der Waals surface area contributed by atoms with Crippen molar-refractivity contribution in [3.63, 3.8) is 0 Å². The summed E-state index contributed by atoms with van der Waals surface area (Å²) in [6.07, 6.45) is 0. The number of aromatic carboxylic acids is 1. The van der Waals surface area contributed by atoms with Crippen molar-refractivity contribution in [1.29, 1.82) is 0 Å². The van der Waals surface area contributed by atoms with E-state index in [1.165, 1.54) is 6.07 Å². The van der Waals surface area contributed by atoms with Crippen LogP contribution in [-0.4, -0.2) is 36.3 Å². The fourth-order valence-corrected chi connectivity index (χ4v) is 3.02. The van der Waals surface area contributed by atoms with Gasteiger partial charge in [-0.2, -0.15) is 0 Å². The van der Waals surface area contributed by atoms with Crippen LogP contribution in [0.3, 0.4) is 0 Å². The van der Waals surface area contributed by atoms with E-state index in [9.17, 15) is 9.90 Å². The van der Waals surface area contributed by atoms with Gasteiger partial charge >= 0.3 is 5.97 Å². The molecule has 0 saturated heterocycles. The minimum atomic E-state index is -1.03. The van der Waals surface area contributed by atoms with Gasteiger partial charge in [-0.3, -0.25) is 0 Å². The number of pyridine rings is 1. The van der Waals surface area contributed by atoms with Gasteiger partial charge in [0.1, 0.15) is 18.1 Å². The van der Waals surface area contributed by atoms with Crippen LogP contribution in [0.5, 0.6) is 5.75 Å². The number of aromatic nitrogens is 1. The Morgan fingerprint density at radius 2 is 2.08 bits per heavy atom. The lowest BCUT2D eigenvalue weighted by atomic mass is 10.0. The summed E-state index contributed by atoms with van der Waals surface area (Å²) in [5, 5.41) is 10.1. The summed E-state index contributed by atoms with van der Waals surface area (Å²) in [5.41, 5.74) is 3.65. The number of carbonyl (C=O) groups is 1. The van der Waals surface area contributed by atoms with Crippen molar-refractivity contribution < 1.29 is 14.6 Å². The predicted octanol–water partition coefficient (Wildman–Crippen LogP) is 3.43. The van der Waals surface area contributed by atoms with Crippen molar-refractivity contribution >= 4 is 22.6 Å². The van der Waals surface area contributed by atoms with Crippen LogP contribution in [0.2, 0.25) is 0 Å². The topological polar surface area (TPSA) is 62.7 Å². The van der Waals surface area contributed by atoms with E-state index in [1.807, 2.05) is 43.4 Å². The number of para-hydroxylation sites is 1. The molecule has 0 spiro atoms. The SMILES string of the molecule is CN1CCOc2cc(-c3cccc4ccc(C(=O)O)nc34)ccc21. The van der Waals surface area contributed by atoms with E-state index in [0.717, 1.165) is 34.5 Å². The average Bonchev–Trinajstić information content (AvgIpc) is 2.60. The van der Waals surface area contributed by atoms with Gasteiger partial charge < -0.3 is 14.7 Å². The van der Waals surface area contributed by atoms with Gasteiger partial charge in [-0.05, 0) is 23.8 Å². The van der Waals surface area contributed by atoms with Crippen LogP contribution in [-0.2, 0) is 0 Å². The molecule has 2 heterocycles. The van der Waals surface area contributed by atoms with Gasteiger partial charge in [0.05, 0.1) is 17.7 Å². The number of benzene rings is 2. The Kier molecular flexibility index (Phi) is 3.34. The molecule has 0 aliphatic carbocycles. The number of carboxylic acid groups (broad SMARTS) is 1. The third-order valence-electron chi connectivity index (χ3n) is 4.31. The minimum absolute atomic E-state index is 0.0453. The third-order valence-corrected chi connectivity index (χ3v) is 4.31. The molecule has 24 heavy (non-hydrogen) atoms. The summed E-state index contributed by atoms with van der Waals surface area (Å²) in [7, 11) is 2.04. The van der Waals surface area contributed by atoms with Crippen LogP contribution < -0.4 is 9.64 Å². The fraction of sp³-hybridized carbons (Fsp3) is 0.158. The smallest absolute Gasteiger partial charge is 0.354 e.